The van der Waals surface area contributed by atoms with Crippen molar-refractivity contribution in [3.05, 3.63) is 48.3 Å². The lowest BCUT2D eigenvalue weighted by Crippen LogP contribution is -2.11. The lowest BCUT2D eigenvalue weighted by molar-refractivity contribution is 1.13. The molecule has 0 atom stereocenters. The second-order valence-corrected chi connectivity index (χ2v) is 4.01. The summed E-state index contributed by atoms with van der Waals surface area (Å²) in [5.41, 5.74) is 10.0. The van der Waals surface area contributed by atoms with E-state index < -0.39 is 0 Å². The predicted octanol–water partition coefficient (Wildman–Crippen LogP) is 2.99. The molecular weight excluding hydrogens is 210 g/mol. The Balaban J connectivity index is 2.30. The number of aromatic nitrogens is 1. The smallest absolute Gasteiger partial charge is 0.0741 e. The van der Waals surface area contributed by atoms with Gasteiger partial charge in [0.05, 0.1) is 17.6 Å². The van der Waals surface area contributed by atoms with Crippen molar-refractivity contribution in [2.75, 3.05) is 17.7 Å². The van der Waals surface area contributed by atoms with E-state index in [1.165, 1.54) is 5.56 Å². The first-order valence-corrected chi connectivity index (χ1v) is 5.74. The Kier molecular flexibility index (Phi) is 3.28. The van der Waals surface area contributed by atoms with Crippen LogP contribution in [0.1, 0.15) is 12.5 Å². The molecule has 0 aliphatic rings. The van der Waals surface area contributed by atoms with E-state index >= 15 is 0 Å². The number of benzene rings is 1. The number of nitrogen functional groups attached to an aromatic ring is 1. The van der Waals surface area contributed by atoms with Gasteiger partial charge in [0.1, 0.15) is 0 Å². The molecule has 3 heteroatoms. The normalized spacial score (nSPS) is 10.2. The van der Waals surface area contributed by atoms with Crippen LogP contribution < -0.4 is 10.6 Å². The summed E-state index contributed by atoms with van der Waals surface area (Å²) >= 11 is 0. The van der Waals surface area contributed by atoms with Gasteiger partial charge in [-0.15, -0.1) is 0 Å². The highest BCUT2D eigenvalue weighted by molar-refractivity contribution is 5.73. The van der Waals surface area contributed by atoms with Crippen molar-refractivity contribution < 1.29 is 0 Å². The fourth-order valence-electron chi connectivity index (χ4n) is 1.80. The van der Waals surface area contributed by atoms with Crippen LogP contribution in [-0.4, -0.2) is 12.0 Å². The summed E-state index contributed by atoms with van der Waals surface area (Å²) in [5.74, 6) is 0. The van der Waals surface area contributed by atoms with E-state index in [9.17, 15) is 0 Å². The topological polar surface area (TPSA) is 42.2 Å². The summed E-state index contributed by atoms with van der Waals surface area (Å²) < 4.78 is 0. The fraction of sp³-hybridized carbons (Fsp3) is 0.214. The highest BCUT2D eigenvalue weighted by atomic mass is 15.1. The molecule has 1 aromatic heterocycles. The Labute approximate surface area is 102 Å². The zero-order valence-corrected chi connectivity index (χ0v) is 10.2. The van der Waals surface area contributed by atoms with Gasteiger partial charge in [0.15, 0.2) is 0 Å². The van der Waals surface area contributed by atoms with Crippen LogP contribution in [0.5, 0.6) is 0 Å². The van der Waals surface area contributed by atoms with Crippen molar-refractivity contribution in [3.63, 3.8) is 0 Å². The van der Waals surface area contributed by atoms with E-state index in [2.05, 4.69) is 41.1 Å². The Morgan fingerprint density at radius 2 is 1.88 bits per heavy atom. The molecule has 1 aromatic carbocycles. The van der Waals surface area contributed by atoms with Gasteiger partial charge in [-0.2, -0.15) is 0 Å². The SMILES string of the molecule is CCc1ccc(N(C)c2ccncc2N)cc1. The molecule has 3 nitrogen and oxygen atoms in total. The van der Waals surface area contributed by atoms with Gasteiger partial charge in [0.2, 0.25) is 0 Å². The van der Waals surface area contributed by atoms with Crippen molar-refractivity contribution in [2.24, 2.45) is 0 Å². The number of anilines is 3. The van der Waals surface area contributed by atoms with Crippen molar-refractivity contribution in [3.8, 4) is 0 Å². The van der Waals surface area contributed by atoms with Crippen LogP contribution in [0, 0.1) is 0 Å². The number of aryl methyl sites for hydroxylation is 1. The van der Waals surface area contributed by atoms with Crippen molar-refractivity contribution >= 4 is 17.1 Å². The first-order valence-electron chi connectivity index (χ1n) is 5.74. The summed E-state index contributed by atoms with van der Waals surface area (Å²) in [6.07, 6.45) is 4.48. The molecule has 2 aromatic rings. The van der Waals surface area contributed by atoms with E-state index in [-0.39, 0.29) is 0 Å². The number of pyridine rings is 1. The predicted molar refractivity (Wildman–Crippen MR) is 72.5 cm³/mol. The molecule has 0 spiro atoms. The number of hydrogen-bond donors (Lipinski definition) is 1. The van der Waals surface area contributed by atoms with E-state index in [0.29, 0.717) is 5.69 Å². The Hall–Kier alpha value is -2.03. The number of rotatable bonds is 3. The summed E-state index contributed by atoms with van der Waals surface area (Å²) in [6.45, 7) is 2.15. The van der Waals surface area contributed by atoms with E-state index in [0.717, 1.165) is 17.8 Å². The van der Waals surface area contributed by atoms with Gasteiger partial charge in [0.25, 0.3) is 0 Å². The van der Waals surface area contributed by atoms with Gasteiger partial charge >= 0.3 is 0 Å². The number of hydrogen-bond acceptors (Lipinski definition) is 3. The zero-order valence-electron chi connectivity index (χ0n) is 10.2. The number of nitrogens with zero attached hydrogens (tertiary/aromatic N) is 2. The first-order chi connectivity index (χ1) is 8.22. The minimum absolute atomic E-state index is 0.689. The van der Waals surface area contributed by atoms with Gasteiger partial charge in [-0.3, -0.25) is 4.98 Å². The molecule has 1 heterocycles. The molecule has 0 saturated carbocycles. The monoisotopic (exact) mass is 227 g/mol. The summed E-state index contributed by atoms with van der Waals surface area (Å²) in [4.78, 5) is 6.06. The van der Waals surface area contributed by atoms with Crippen LogP contribution in [0.15, 0.2) is 42.7 Å². The molecule has 0 fully saturated rings. The molecule has 2 N–H and O–H groups in total. The molecule has 0 bridgehead atoms. The van der Waals surface area contributed by atoms with Gasteiger partial charge in [-0.1, -0.05) is 19.1 Å². The minimum atomic E-state index is 0.689. The van der Waals surface area contributed by atoms with Crippen LogP contribution in [0.2, 0.25) is 0 Å². The van der Waals surface area contributed by atoms with Gasteiger partial charge < -0.3 is 10.6 Å². The Morgan fingerprint density at radius 3 is 2.47 bits per heavy atom. The summed E-state index contributed by atoms with van der Waals surface area (Å²) in [5, 5.41) is 0. The van der Waals surface area contributed by atoms with Crippen molar-refractivity contribution in [1.82, 2.24) is 4.98 Å². The molecule has 88 valence electrons. The fourth-order valence-corrected chi connectivity index (χ4v) is 1.80. The van der Waals surface area contributed by atoms with E-state index in [4.69, 9.17) is 5.73 Å². The van der Waals surface area contributed by atoms with Crippen LogP contribution >= 0.6 is 0 Å². The highest BCUT2D eigenvalue weighted by Crippen LogP contribution is 2.27. The zero-order chi connectivity index (χ0) is 12.3. The first kappa shape index (κ1) is 11.5. The molecule has 0 radical (unpaired) electrons. The Bertz CT molecular complexity index is 491. The molecule has 0 amide bonds. The molecule has 0 aliphatic heterocycles. The summed E-state index contributed by atoms with van der Waals surface area (Å²) in [6, 6.07) is 10.4. The maximum absolute atomic E-state index is 5.91. The van der Waals surface area contributed by atoms with Gasteiger partial charge in [-0.05, 0) is 30.2 Å². The maximum Gasteiger partial charge on any atom is 0.0741 e. The average molecular weight is 227 g/mol. The standard InChI is InChI=1S/C14H17N3/c1-3-11-4-6-12(7-5-11)17(2)14-8-9-16-10-13(14)15/h4-10H,3,15H2,1-2H3. The van der Waals surface area contributed by atoms with Gasteiger partial charge in [-0.25, -0.2) is 0 Å². The third kappa shape index (κ3) is 2.38. The molecule has 2 rings (SSSR count). The average Bonchev–Trinajstić information content (AvgIpc) is 2.39. The van der Waals surface area contributed by atoms with Crippen molar-refractivity contribution in [2.45, 2.75) is 13.3 Å². The number of nitrogens with two attached hydrogens (primary N) is 1. The molecular formula is C14H17N3. The molecule has 0 aliphatic carbocycles. The lowest BCUT2D eigenvalue weighted by Gasteiger charge is -2.21. The largest absolute Gasteiger partial charge is 0.396 e. The van der Waals surface area contributed by atoms with E-state index in [1.54, 1.807) is 12.4 Å². The van der Waals surface area contributed by atoms with E-state index in [1.807, 2.05) is 13.1 Å². The molecule has 17 heavy (non-hydrogen) atoms. The second-order valence-electron chi connectivity index (χ2n) is 4.01. The second kappa shape index (κ2) is 4.87. The highest BCUT2D eigenvalue weighted by Gasteiger charge is 2.06. The van der Waals surface area contributed by atoms with Crippen LogP contribution in [0.4, 0.5) is 17.1 Å². The molecule has 0 saturated heterocycles. The maximum atomic E-state index is 5.91. The summed E-state index contributed by atoms with van der Waals surface area (Å²) in [7, 11) is 2.01. The minimum Gasteiger partial charge on any atom is -0.396 e. The quantitative estimate of drug-likeness (QED) is 0.876. The van der Waals surface area contributed by atoms with Crippen LogP contribution in [-0.2, 0) is 6.42 Å². The van der Waals surface area contributed by atoms with Crippen LogP contribution in [0.25, 0.3) is 0 Å². The van der Waals surface area contributed by atoms with Gasteiger partial charge in [0, 0.05) is 18.9 Å². The van der Waals surface area contributed by atoms with Crippen molar-refractivity contribution in [1.29, 1.82) is 0 Å². The van der Waals surface area contributed by atoms with Crippen LogP contribution in [0.3, 0.4) is 0 Å². The third-order valence-corrected chi connectivity index (χ3v) is 2.92. The third-order valence-electron chi connectivity index (χ3n) is 2.92. The molecule has 0 unspecified atom stereocenters. The Morgan fingerprint density at radius 1 is 1.18 bits per heavy atom. The lowest BCUT2D eigenvalue weighted by atomic mass is 10.1.